The van der Waals surface area contributed by atoms with Gasteiger partial charge in [-0.05, 0) is 34.4 Å². The van der Waals surface area contributed by atoms with Gasteiger partial charge >= 0.3 is 6.09 Å². The first-order valence-corrected chi connectivity index (χ1v) is 11.9. The van der Waals surface area contributed by atoms with Crippen molar-refractivity contribution in [3.8, 4) is 17.2 Å². The zero-order valence-electron chi connectivity index (χ0n) is 19.1. The second-order valence-electron chi connectivity index (χ2n) is 9.54. The second kappa shape index (κ2) is 8.49. The highest BCUT2D eigenvalue weighted by Gasteiger charge is 2.50. The number of nitriles is 1. The molecule has 1 amide bonds. The highest BCUT2D eigenvalue weighted by molar-refractivity contribution is 5.79. The van der Waals surface area contributed by atoms with Gasteiger partial charge in [0.2, 0.25) is 0 Å². The van der Waals surface area contributed by atoms with Gasteiger partial charge in [-0.25, -0.2) is 4.79 Å². The van der Waals surface area contributed by atoms with Gasteiger partial charge in [-0.2, -0.15) is 5.26 Å². The van der Waals surface area contributed by atoms with Gasteiger partial charge in [0.25, 0.3) is 0 Å². The quantitative estimate of drug-likeness (QED) is 0.627. The van der Waals surface area contributed by atoms with Crippen molar-refractivity contribution in [2.75, 3.05) is 19.8 Å². The number of pyridine rings is 1. The number of hydrogen-bond donors (Lipinski definition) is 1. The van der Waals surface area contributed by atoms with Crippen LogP contribution in [0.2, 0.25) is 0 Å². The summed E-state index contributed by atoms with van der Waals surface area (Å²) in [6.07, 6.45) is 1.70. The van der Waals surface area contributed by atoms with Gasteiger partial charge < -0.3 is 14.6 Å². The van der Waals surface area contributed by atoms with E-state index >= 15 is 0 Å². The largest absolute Gasteiger partial charge is 0.448 e. The molecule has 35 heavy (non-hydrogen) atoms. The Labute approximate surface area is 203 Å². The molecular weight excluding hydrogens is 442 g/mol. The Balaban J connectivity index is 1.21. The van der Waals surface area contributed by atoms with Gasteiger partial charge in [0, 0.05) is 25.0 Å². The summed E-state index contributed by atoms with van der Waals surface area (Å²) < 4.78 is 11.6. The summed E-state index contributed by atoms with van der Waals surface area (Å²) in [6.45, 7) is 0.890. The van der Waals surface area contributed by atoms with Crippen LogP contribution in [0.1, 0.15) is 41.1 Å². The molecule has 2 bridgehead atoms. The fraction of sp³-hybridized carbons (Fsp3) is 0.321. The number of nitrogens with zero attached hydrogens (tertiary/aromatic N) is 3. The van der Waals surface area contributed by atoms with Crippen LogP contribution in [0.25, 0.3) is 11.1 Å². The van der Waals surface area contributed by atoms with Crippen molar-refractivity contribution >= 4 is 6.09 Å². The molecule has 2 aliphatic heterocycles. The smallest absolute Gasteiger partial charge is 0.410 e. The molecule has 1 aliphatic carbocycles. The Bertz CT molecular complexity index is 1270. The third-order valence-electron chi connectivity index (χ3n) is 7.47. The van der Waals surface area contributed by atoms with Crippen molar-refractivity contribution in [1.82, 2.24) is 9.88 Å². The molecule has 0 spiro atoms. The molecule has 2 unspecified atom stereocenters. The molecule has 6 rings (SSSR count). The third-order valence-corrected chi connectivity index (χ3v) is 7.47. The number of benzene rings is 2. The molecule has 0 radical (unpaired) electrons. The third kappa shape index (κ3) is 3.66. The summed E-state index contributed by atoms with van der Waals surface area (Å²) >= 11 is 0. The molecular formula is C28H25N3O4. The van der Waals surface area contributed by atoms with E-state index in [0.717, 1.165) is 0 Å². The molecule has 3 aliphatic rings. The van der Waals surface area contributed by atoms with E-state index < -0.39 is 5.60 Å². The molecule has 1 N–H and O–H groups in total. The van der Waals surface area contributed by atoms with Crippen molar-refractivity contribution in [1.29, 1.82) is 5.26 Å². The van der Waals surface area contributed by atoms with Crippen LogP contribution in [0.15, 0.2) is 66.9 Å². The van der Waals surface area contributed by atoms with Gasteiger partial charge in [0.05, 0.1) is 42.6 Å². The highest BCUT2D eigenvalue weighted by atomic mass is 16.6. The van der Waals surface area contributed by atoms with E-state index in [-0.39, 0.29) is 43.5 Å². The van der Waals surface area contributed by atoms with E-state index in [9.17, 15) is 15.2 Å². The summed E-state index contributed by atoms with van der Waals surface area (Å²) in [4.78, 5) is 19.4. The molecule has 1 aromatic heterocycles. The number of aromatic nitrogens is 1. The maximum absolute atomic E-state index is 13.3. The number of hydrogen-bond acceptors (Lipinski definition) is 6. The summed E-state index contributed by atoms with van der Waals surface area (Å²) in [5.74, 6) is -0.0120. The van der Waals surface area contributed by atoms with Gasteiger partial charge in [-0.15, -0.1) is 0 Å². The first-order chi connectivity index (χ1) is 17.1. The Morgan fingerprint density at radius 2 is 1.71 bits per heavy atom. The van der Waals surface area contributed by atoms with Crippen molar-refractivity contribution in [3.63, 3.8) is 0 Å². The van der Waals surface area contributed by atoms with E-state index in [0.29, 0.717) is 24.5 Å². The number of carbonyl (C=O) groups excluding carboxylic acids is 1. The van der Waals surface area contributed by atoms with Crippen LogP contribution in [0.4, 0.5) is 4.79 Å². The van der Waals surface area contributed by atoms with Crippen molar-refractivity contribution < 1.29 is 19.4 Å². The van der Waals surface area contributed by atoms with Crippen LogP contribution in [0.5, 0.6) is 0 Å². The van der Waals surface area contributed by atoms with Gasteiger partial charge in [0.15, 0.2) is 0 Å². The normalized spacial score (nSPS) is 24.9. The molecule has 2 fully saturated rings. The number of fused-ring (bicyclic) bond motifs is 5. The average molecular weight is 468 g/mol. The lowest BCUT2D eigenvalue weighted by atomic mass is 9.79. The summed E-state index contributed by atoms with van der Waals surface area (Å²) in [5.41, 5.74) is 4.38. The number of piperidine rings is 1. The predicted octanol–water partition coefficient (Wildman–Crippen LogP) is 3.95. The number of carbonyl (C=O) groups is 1. The maximum atomic E-state index is 13.3. The molecule has 2 saturated heterocycles. The SMILES string of the molecule is N#Cc1ccnc(C2(O)CC3COCC(C2)N3C(=O)OCC2c3ccccc3-c3ccccc32)c1. The summed E-state index contributed by atoms with van der Waals surface area (Å²) in [5, 5.41) is 20.7. The minimum Gasteiger partial charge on any atom is -0.448 e. The van der Waals surface area contributed by atoms with Crippen LogP contribution in [-0.4, -0.2) is 53.0 Å². The number of rotatable bonds is 3. The molecule has 3 aromatic rings. The monoisotopic (exact) mass is 467 g/mol. The Kier molecular flexibility index (Phi) is 5.28. The second-order valence-corrected chi connectivity index (χ2v) is 9.54. The first kappa shape index (κ1) is 21.8. The Morgan fingerprint density at radius 1 is 1.09 bits per heavy atom. The summed E-state index contributed by atoms with van der Waals surface area (Å²) in [7, 11) is 0. The zero-order chi connectivity index (χ0) is 24.0. The zero-order valence-corrected chi connectivity index (χ0v) is 19.1. The first-order valence-electron chi connectivity index (χ1n) is 11.9. The van der Waals surface area contributed by atoms with E-state index in [1.165, 1.54) is 28.5 Å². The highest BCUT2D eigenvalue weighted by Crippen LogP contribution is 2.45. The molecule has 2 aromatic carbocycles. The number of aliphatic hydroxyl groups is 1. The minimum absolute atomic E-state index is 0.0120. The van der Waals surface area contributed by atoms with Crippen LogP contribution < -0.4 is 0 Å². The Morgan fingerprint density at radius 3 is 2.34 bits per heavy atom. The maximum Gasteiger partial charge on any atom is 0.410 e. The lowest BCUT2D eigenvalue weighted by molar-refractivity contribution is -0.137. The van der Waals surface area contributed by atoms with Crippen molar-refractivity contribution in [3.05, 3.63) is 89.2 Å². The molecule has 7 nitrogen and oxygen atoms in total. The molecule has 176 valence electrons. The van der Waals surface area contributed by atoms with Crippen molar-refractivity contribution in [2.45, 2.75) is 36.4 Å². The number of ether oxygens (including phenoxy) is 2. The summed E-state index contributed by atoms with van der Waals surface area (Å²) in [6, 6.07) is 21.2. The number of amides is 1. The van der Waals surface area contributed by atoms with Crippen LogP contribution >= 0.6 is 0 Å². The topological polar surface area (TPSA) is 95.7 Å². The molecule has 3 heterocycles. The van der Waals surface area contributed by atoms with E-state index in [1.807, 2.05) is 24.3 Å². The fourth-order valence-electron chi connectivity index (χ4n) is 5.91. The van der Waals surface area contributed by atoms with Crippen LogP contribution in [-0.2, 0) is 15.1 Å². The predicted molar refractivity (Wildman–Crippen MR) is 127 cm³/mol. The average Bonchev–Trinajstić information content (AvgIpc) is 3.20. The lowest BCUT2D eigenvalue weighted by Crippen LogP contribution is -2.62. The molecule has 0 saturated carbocycles. The number of morpholine rings is 1. The van der Waals surface area contributed by atoms with E-state index in [2.05, 4.69) is 35.3 Å². The van der Waals surface area contributed by atoms with Gasteiger partial charge in [-0.1, -0.05) is 48.5 Å². The van der Waals surface area contributed by atoms with E-state index in [4.69, 9.17) is 9.47 Å². The van der Waals surface area contributed by atoms with Gasteiger partial charge in [-0.3, -0.25) is 9.88 Å². The van der Waals surface area contributed by atoms with Gasteiger partial charge in [0.1, 0.15) is 12.2 Å². The Hall–Kier alpha value is -3.73. The molecule has 7 heteroatoms. The standard InChI is InChI=1S/C28H25N3O4/c29-14-18-9-10-30-26(11-18)28(33)12-19-15-34-16-20(13-28)31(19)27(32)35-17-25-23-7-3-1-5-21(23)22-6-2-4-8-24(22)25/h1-11,19-20,25,33H,12-13,15-17H2. The van der Waals surface area contributed by atoms with Crippen LogP contribution in [0.3, 0.4) is 0 Å². The minimum atomic E-state index is -1.23. The molecule has 2 atom stereocenters. The van der Waals surface area contributed by atoms with Crippen LogP contribution in [0, 0.1) is 11.3 Å². The van der Waals surface area contributed by atoms with E-state index in [1.54, 1.807) is 17.0 Å². The lowest BCUT2D eigenvalue weighted by Gasteiger charge is -2.50. The fourth-order valence-corrected chi connectivity index (χ4v) is 5.91. The van der Waals surface area contributed by atoms with Crippen molar-refractivity contribution in [2.24, 2.45) is 0 Å².